The van der Waals surface area contributed by atoms with E-state index in [2.05, 4.69) is 5.32 Å². The molecule has 0 aromatic heterocycles. The third-order valence-corrected chi connectivity index (χ3v) is 5.33. The van der Waals surface area contributed by atoms with Crippen LogP contribution in [0.25, 0.3) is 10.8 Å². The fraction of sp³-hybridized carbons (Fsp3) is 0.280. The maximum atomic E-state index is 13.1. The minimum Gasteiger partial charge on any atom is -0.487 e. The Kier molecular flexibility index (Phi) is 5.65. The van der Waals surface area contributed by atoms with Gasteiger partial charge in [-0.15, -0.1) is 0 Å². The molecule has 7 heteroatoms. The highest BCUT2D eigenvalue weighted by Crippen LogP contribution is 2.34. The lowest BCUT2D eigenvalue weighted by Crippen LogP contribution is -2.49. The van der Waals surface area contributed by atoms with Crippen LogP contribution in [0.1, 0.15) is 36.7 Å². The average Bonchev–Trinajstić information content (AvgIpc) is 3.22. The Morgan fingerprint density at radius 3 is 2.56 bits per heavy atom. The second-order valence-electron chi connectivity index (χ2n) is 8.75. The van der Waals surface area contributed by atoms with Gasteiger partial charge in [0.05, 0.1) is 5.56 Å². The Morgan fingerprint density at radius 2 is 1.81 bits per heavy atom. The minimum absolute atomic E-state index is 0.186. The van der Waals surface area contributed by atoms with Crippen molar-refractivity contribution in [2.75, 3.05) is 6.79 Å². The number of fused-ring (bicyclic) bond motifs is 2. The molecule has 1 heterocycles. The van der Waals surface area contributed by atoms with Gasteiger partial charge in [0.2, 0.25) is 6.79 Å². The third kappa shape index (κ3) is 4.32. The van der Waals surface area contributed by atoms with Crippen molar-refractivity contribution >= 4 is 22.6 Å². The molecule has 0 saturated carbocycles. The SMILES string of the molecule is CC(C)(C)[C@H](NC(=O)c1ccc2ccccc2c1OCc1ccc2c(c1)OCO2)C(=O)O. The Morgan fingerprint density at radius 1 is 1.06 bits per heavy atom. The lowest BCUT2D eigenvalue weighted by molar-refractivity contribution is -0.142. The van der Waals surface area contributed by atoms with Crippen molar-refractivity contribution in [2.45, 2.75) is 33.4 Å². The number of hydrogen-bond acceptors (Lipinski definition) is 5. The molecule has 3 aromatic rings. The van der Waals surface area contributed by atoms with Crippen molar-refractivity contribution in [3.05, 3.63) is 65.7 Å². The fourth-order valence-electron chi connectivity index (χ4n) is 3.62. The number of ether oxygens (including phenoxy) is 3. The molecule has 4 rings (SSSR count). The van der Waals surface area contributed by atoms with Crippen molar-refractivity contribution in [3.8, 4) is 17.2 Å². The Hall–Kier alpha value is -3.74. The first kappa shape index (κ1) is 21.5. The highest BCUT2D eigenvalue weighted by atomic mass is 16.7. The zero-order chi connectivity index (χ0) is 22.9. The summed E-state index contributed by atoms with van der Waals surface area (Å²) in [6, 6.07) is 15.5. The van der Waals surface area contributed by atoms with Crippen molar-refractivity contribution in [2.24, 2.45) is 5.41 Å². The zero-order valence-electron chi connectivity index (χ0n) is 18.2. The largest absolute Gasteiger partial charge is 0.487 e. The maximum Gasteiger partial charge on any atom is 0.326 e. The first-order valence-corrected chi connectivity index (χ1v) is 10.3. The van der Waals surface area contributed by atoms with Crippen LogP contribution in [0.3, 0.4) is 0 Å². The predicted molar refractivity (Wildman–Crippen MR) is 119 cm³/mol. The molecular weight excluding hydrogens is 410 g/mol. The highest BCUT2D eigenvalue weighted by Gasteiger charge is 2.33. The molecule has 1 amide bonds. The van der Waals surface area contributed by atoms with Crippen LogP contribution in [0, 0.1) is 5.41 Å². The molecule has 1 atom stereocenters. The molecule has 7 nitrogen and oxygen atoms in total. The third-order valence-electron chi connectivity index (χ3n) is 5.33. The van der Waals surface area contributed by atoms with Gasteiger partial charge in [-0.05, 0) is 34.6 Å². The van der Waals surface area contributed by atoms with Gasteiger partial charge in [-0.25, -0.2) is 4.79 Å². The zero-order valence-corrected chi connectivity index (χ0v) is 18.2. The van der Waals surface area contributed by atoms with Gasteiger partial charge >= 0.3 is 5.97 Å². The number of carbonyl (C=O) groups excluding carboxylic acids is 1. The summed E-state index contributed by atoms with van der Waals surface area (Å²) in [5, 5.41) is 13.9. The number of hydrogen-bond donors (Lipinski definition) is 2. The summed E-state index contributed by atoms with van der Waals surface area (Å²) < 4.78 is 16.9. The summed E-state index contributed by atoms with van der Waals surface area (Å²) >= 11 is 0. The highest BCUT2D eigenvalue weighted by molar-refractivity contribution is 6.05. The molecular formula is C25H25NO6. The van der Waals surface area contributed by atoms with E-state index in [1.54, 1.807) is 26.8 Å². The van der Waals surface area contributed by atoms with Crippen molar-refractivity contribution < 1.29 is 28.9 Å². The molecule has 1 aliphatic heterocycles. The van der Waals surface area contributed by atoms with Gasteiger partial charge < -0.3 is 24.6 Å². The molecule has 0 aliphatic carbocycles. The lowest BCUT2D eigenvalue weighted by atomic mass is 9.86. The van der Waals surface area contributed by atoms with Gasteiger partial charge in [-0.1, -0.05) is 57.2 Å². The van der Waals surface area contributed by atoms with Crippen LogP contribution < -0.4 is 19.5 Å². The van der Waals surface area contributed by atoms with E-state index in [0.29, 0.717) is 17.2 Å². The summed E-state index contributed by atoms with van der Waals surface area (Å²) in [6.07, 6.45) is 0. The number of amides is 1. The number of benzene rings is 3. The minimum atomic E-state index is -1.09. The Balaban J connectivity index is 1.66. The second-order valence-corrected chi connectivity index (χ2v) is 8.75. The summed E-state index contributed by atoms with van der Waals surface area (Å²) in [5.41, 5.74) is 0.470. The van der Waals surface area contributed by atoms with Crippen LogP contribution in [-0.2, 0) is 11.4 Å². The van der Waals surface area contributed by atoms with Gasteiger partial charge in [-0.2, -0.15) is 0 Å². The summed E-state index contributed by atoms with van der Waals surface area (Å²) in [4.78, 5) is 24.9. The van der Waals surface area contributed by atoms with E-state index in [9.17, 15) is 14.7 Å². The van der Waals surface area contributed by atoms with Crippen LogP contribution in [0.15, 0.2) is 54.6 Å². The average molecular weight is 435 g/mol. The van der Waals surface area contributed by atoms with Gasteiger partial charge in [0.25, 0.3) is 5.91 Å². The summed E-state index contributed by atoms with van der Waals surface area (Å²) in [7, 11) is 0. The van der Waals surface area contributed by atoms with Crippen LogP contribution in [0.2, 0.25) is 0 Å². The van der Waals surface area contributed by atoms with Crippen molar-refractivity contribution in [1.29, 1.82) is 0 Å². The van der Waals surface area contributed by atoms with Crippen molar-refractivity contribution in [1.82, 2.24) is 5.32 Å². The molecule has 2 N–H and O–H groups in total. The van der Waals surface area contributed by atoms with Crippen LogP contribution in [0.5, 0.6) is 17.2 Å². The number of carboxylic acids is 1. The number of nitrogens with one attached hydrogen (secondary N) is 1. The molecule has 3 aromatic carbocycles. The summed E-state index contributed by atoms with van der Waals surface area (Å²) in [6.45, 7) is 5.69. The molecule has 0 bridgehead atoms. The molecule has 166 valence electrons. The van der Waals surface area contributed by atoms with Gasteiger partial charge in [-0.3, -0.25) is 4.79 Å². The van der Waals surface area contributed by atoms with E-state index < -0.39 is 23.3 Å². The van der Waals surface area contributed by atoms with Gasteiger partial charge in [0.1, 0.15) is 18.4 Å². The predicted octanol–water partition coefficient (Wildman–Crippen LogP) is 4.38. The molecule has 0 fully saturated rings. The quantitative estimate of drug-likeness (QED) is 0.597. The fourth-order valence-corrected chi connectivity index (χ4v) is 3.62. The molecule has 0 unspecified atom stereocenters. The number of carbonyl (C=O) groups is 2. The Labute approximate surface area is 185 Å². The Bertz CT molecular complexity index is 1180. The smallest absolute Gasteiger partial charge is 0.326 e. The maximum absolute atomic E-state index is 13.1. The first-order chi connectivity index (χ1) is 15.2. The van der Waals surface area contributed by atoms with Crippen molar-refractivity contribution in [3.63, 3.8) is 0 Å². The summed E-state index contributed by atoms with van der Waals surface area (Å²) in [5.74, 6) is 0.141. The van der Waals surface area contributed by atoms with Crippen LogP contribution >= 0.6 is 0 Å². The standard InChI is InChI=1S/C25H25NO6/c1-25(2,3)22(24(28)29)26-23(27)18-10-9-16-6-4-5-7-17(16)21(18)30-13-15-8-11-19-20(12-15)32-14-31-19/h4-12,22H,13-14H2,1-3H3,(H,26,27)(H,28,29)/t22-/m1/s1. The molecule has 0 spiro atoms. The van der Waals surface area contributed by atoms with E-state index in [-0.39, 0.29) is 19.0 Å². The second kappa shape index (κ2) is 8.42. The topological polar surface area (TPSA) is 94.1 Å². The van der Waals surface area contributed by atoms with E-state index in [1.165, 1.54) is 0 Å². The number of carboxylic acid groups (broad SMARTS) is 1. The van der Waals surface area contributed by atoms with E-state index in [0.717, 1.165) is 16.3 Å². The molecule has 1 aliphatic rings. The number of rotatable bonds is 6. The normalized spacial score (nSPS) is 13.6. The monoisotopic (exact) mass is 435 g/mol. The van der Waals surface area contributed by atoms with E-state index >= 15 is 0 Å². The van der Waals surface area contributed by atoms with Crippen LogP contribution in [0.4, 0.5) is 0 Å². The molecule has 0 radical (unpaired) electrons. The van der Waals surface area contributed by atoms with E-state index in [4.69, 9.17) is 14.2 Å². The number of aliphatic carboxylic acids is 1. The molecule has 0 saturated heterocycles. The van der Waals surface area contributed by atoms with Crippen LogP contribution in [-0.4, -0.2) is 29.8 Å². The molecule has 32 heavy (non-hydrogen) atoms. The van der Waals surface area contributed by atoms with E-state index in [1.807, 2.05) is 48.5 Å². The lowest BCUT2D eigenvalue weighted by Gasteiger charge is -2.28. The van der Waals surface area contributed by atoms with Gasteiger partial charge in [0.15, 0.2) is 11.5 Å². The van der Waals surface area contributed by atoms with Gasteiger partial charge in [0, 0.05) is 5.39 Å². The first-order valence-electron chi connectivity index (χ1n) is 10.3.